The lowest BCUT2D eigenvalue weighted by molar-refractivity contribution is -0.137. The molecule has 1 aliphatic rings. The minimum atomic E-state index is -4.49. The molecule has 0 aromatic heterocycles. The first-order valence-electron chi connectivity index (χ1n) is 7.17. The number of ketones is 1. The van der Waals surface area contributed by atoms with E-state index in [1.54, 1.807) is 0 Å². The molecule has 1 aromatic carbocycles. The average Bonchev–Trinajstić information content (AvgIpc) is 2.53. The molecule has 1 aromatic rings. The summed E-state index contributed by atoms with van der Waals surface area (Å²) in [5.41, 5.74) is -0.824. The lowest BCUT2D eigenvalue weighted by Gasteiger charge is -2.28. The fraction of sp³-hybridized carbons (Fsp3) is 0.429. The Hall–Kier alpha value is -1.62. The Kier molecular flexibility index (Phi) is 5.86. The highest BCUT2D eigenvalue weighted by atomic mass is 32.2. The van der Waals surface area contributed by atoms with Gasteiger partial charge in [-0.1, -0.05) is 6.07 Å². The van der Waals surface area contributed by atoms with E-state index in [4.69, 9.17) is 10.5 Å². The number of amidine groups is 1. The average molecular weight is 362 g/mol. The van der Waals surface area contributed by atoms with Gasteiger partial charge in [-0.3, -0.25) is 10.2 Å². The highest BCUT2D eigenvalue weighted by molar-refractivity contribution is 7.86. The molecule has 0 amide bonds. The van der Waals surface area contributed by atoms with Gasteiger partial charge in [-0.25, -0.2) is 0 Å². The Bertz CT molecular complexity index is 616. The van der Waals surface area contributed by atoms with Gasteiger partial charge in [0.15, 0.2) is 5.84 Å². The van der Waals surface area contributed by atoms with E-state index in [0.717, 1.165) is 12.1 Å². The van der Waals surface area contributed by atoms with E-state index in [2.05, 4.69) is 5.32 Å². The fourth-order valence-electron chi connectivity index (χ4n) is 2.48. The van der Waals surface area contributed by atoms with Crippen LogP contribution in [0.25, 0.3) is 0 Å². The predicted molar refractivity (Wildman–Crippen MR) is 84.4 cm³/mol. The Morgan fingerprint density at radius 2 is 2.00 bits per heavy atom. The topological polar surface area (TPSA) is 105 Å². The van der Waals surface area contributed by atoms with Crippen molar-refractivity contribution in [2.75, 3.05) is 18.4 Å². The summed E-state index contributed by atoms with van der Waals surface area (Å²) in [6.45, 7) is 0.743. The summed E-state index contributed by atoms with van der Waals surface area (Å²) in [5, 5.41) is 15.5. The van der Waals surface area contributed by atoms with Crippen LogP contribution in [-0.2, 0) is 22.5 Å². The van der Waals surface area contributed by atoms with Crippen molar-refractivity contribution in [3.05, 3.63) is 29.8 Å². The van der Waals surface area contributed by atoms with Gasteiger partial charge in [0.25, 0.3) is 0 Å². The van der Waals surface area contributed by atoms with E-state index in [-0.39, 0.29) is 5.69 Å². The number of hydrogen-bond acceptors (Lipinski definition) is 5. The molecule has 132 valence electrons. The van der Waals surface area contributed by atoms with Crippen LogP contribution in [0.15, 0.2) is 24.3 Å². The molecule has 1 heterocycles. The Labute approximate surface area is 140 Å². The summed E-state index contributed by atoms with van der Waals surface area (Å²) in [7, 11) is 0. The summed E-state index contributed by atoms with van der Waals surface area (Å²) in [6, 6.07) is 4.33. The summed E-state index contributed by atoms with van der Waals surface area (Å²) in [5.74, 6) is -1.37. The first-order chi connectivity index (χ1) is 11.2. The van der Waals surface area contributed by atoms with Crippen molar-refractivity contribution in [2.45, 2.75) is 19.0 Å². The van der Waals surface area contributed by atoms with Gasteiger partial charge in [0.05, 0.1) is 5.56 Å². The van der Waals surface area contributed by atoms with Gasteiger partial charge in [-0.2, -0.15) is 13.2 Å². The molecule has 2 rings (SSSR count). The molecule has 0 bridgehead atoms. The molecule has 4 N–H and O–H groups in total. The standard InChI is InChI=1S/C14H17F3N4O2S/c15-14(16,17)10-2-1-3-11(8-10)20-13(18)12(22)9-4-6-21(7-5-9)24(19)23/h1-3,8-9H,4-7,19H2,(H2,18,20). The minimum Gasteiger partial charge on any atom is -0.579 e. The molecule has 1 saturated heterocycles. The second-order valence-electron chi connectivity index (χ2n) is 5.42. The number of nitrogens with zero attached hydrogens (tertiary/aromatic N) is 1. The van der Waals surface area contributed by atoms with E-state index in [0.29, 0.717) is 25.9 Å². The van der Waals surface area contributed by atoms with E-state index >= 15 is 0 Å². The zero-order valence-electron chi connectivity index (χ0n) is 12.6. The van der Waals surface area contributed by atoms with Crippen LogP contribution in [0.1, 0.15) is 18.4 Å². The SMILES string of the molecule is N=C(Nc1cccc(C(F)(F)F)c1)C(=O)C1CCN([S+](N)[O-])CC1. The first kappa shape index (κ1) is 18.7. The monoisotopic (exact) mass is 362 g/mol. The first-order valence-corrected chi connectivity index (χ1v) is 8.33. The third kappa shape index (κ3) is 4.69. The number of halogens is 3. The number of carbonyl (C=O) groups excluding carboxylic acids is 1. The number of alkyl halides is 3. The maximum Gasteiger partial charge on any atom is 0.416 e. The molecular formula is C14H17F3N4O2S. The molecule has 1 unspecified atom stereocenters. The van der Waals surface area contributed by atoms with Gasteiger partial charge in [-0.15, -0.1) is 9.44 Å². The second kappa shape index (κ2) is 7.51. The number of hydrogen-bond donors (Lipinski definition) is 3. The zero-order chi connectivity index (χ0) is 17.9. The number of piperidine rings is 1. The molecule has 1 aliphatic heterocycles. The molecule has 10 heteroatoms. The van der Waals surface area contributed by atoms with Crippen LogP contribution in [0.5, 0.6) is 0 Å². The molecule has 24 heavy (non-hydrogen) atoms. The van der Waals surface area contributed by atoms with Gasteiger partial charge >= 0.3 is 6.18 Å². The van der Waals surface area contributed by atoms with Crippen LogP contribution in [0.4, 0.5) is 18.9 Å². The van der Waals surface area contributed by atoms with Crippen molar-refractivity contribution in [3.63, 3.8) is 0 Å². The van der Waals surface area contributed by atoms with Gasteiger partial charge in [0.2, 0.25) is 5.78 Å². The van der Waals surface area contributed by atoms with Crippen molar-refractivity contribution in [1.29, 1.82) is 5.41 Å². The minimum absolute atomic E-state index is 0.0312. The third-order valence-corrected chi connectivity index (χ3v) is 4.66. The maximum absolute atomic E-state index is 12.7. The molecule has 6 nitrogen and oxygen atoms in total. The molecule has 0 saturated carbocycles. The highest BCUT2D eigenvalue weighted by Gasteiger charge is 2.32. The van der Waals surface area contributed by atoms with Crippen molar-refractivity contribution < 1.29 is 22.5 Å². The molecule has 0 radical (unpaired) electrons. The largest absolute Gasteiger partial charge is 0.579 e. The Balaban J connectivity index is 1.97. The molecule has 1 fully saturated rings. The second-order valence-corrected chi connectivity index (χ2v) is 6.49. The smallest absolute Gasteiger partial charge is 0.416 e. The third-order valence-electron chi connectivity index (χ3n) is 3.78. The summed E-state index contributed by atoms with van der Waals surface area (Å²) in [6.07, 6.45) is -3.70. The lowest BCUT2D eigenvalue weighted by Crippen LogP contribution is -2.44. The van der Waals surface area contributed by atoms with E-state index in [1.165, 1.54) is 16.4 Å². The van der Waals surface area contributed by atoms with E-state index in [9.17, 15) is 22.5 Å². The normalized spacial score (nSPS) is 18.2. The van der Waals surface area contributed by atoms with E-state index in [1.807, 2.05) is 0 Å². The number of carbonyl (C=O) groups is 1. The van der Waals surface area contributed by atoms with Crippen LogP contribution >= 0.6 is 0 Å². The van der Waals surface area contributed by atoms with Crippen molar-refractivity contribution in [1.82, 2.24) is 4.31 Å². The van der Waals surface area contributed by atoms with Crippen molar-refractivity contribution in [2.24, 2.45) is 11.1 Å². The van der Waals surface area contributed by atoms with Gasteiger partial charge < -0.3 is 9.87 Å². The van der Waals surface area contributed by atoms with Crippen LogP contribution in [0.3, 0.4) is 0 Å². The summed E-state index contributed by atoms with van der Waals surface area (Å²) >= 11 is -1.59. The summed E-state index contributed by atoms with van der Waals surface area (Å²) in [4.78, 5) is 12.2. The van der Waals surface area contributed by atoms with Crippen LogP contribution in [0, 0.1) is 11.3 Å². The summed E-state index contributed by atoms with van der Waals surface area (Å²) < 4.78 is 50.7. The maximum atomic E-state index is 12.7. The van der Waals surface area contributed by atoms with E-state index < -0.39 is 40.8 Å². The van der Waals surface area contributed by atoms with Crippen LogP contribution in [-0.4, -0.2) is 33.6 Å². The fourth-order valence-corrected chi connectivity index (χ4v) is 3.05. The number of anilines is 1. The zero-order valence-corrected chi connectivity index (χ0v) is 13.4. The number of Topliss-reactive ketones (excluding diaryl/α,β-unsaturated/α-hetero) is 1. The van der Waals surface area contributed by atoms with Crippen LogP contribution in [0.2, 0.25) is 0 Å². The van der Waals surface area contributed by atoms with Crippen molar-refractivity contribution in [3.8, 4) is 0 Å². The number of rotatable bonds is 4. The number of nitrogens with two attached hydrogens (primary N) is 1. The van der Waals surface area contributed by atoms with Gasteiger partial charge in [-0.05, 0) is 31.0 Å². The molecular weight excluding hydrogens is 345 g/mol. The molecule has 0 spiro atoms. The Morgan fingerprint density at radius 1 is 1.38 bits per heavy atom. The molecule has 0 aliphatic carbocycles. The van der Waals surface area contributed by atoms with Crippen LogP contribution < -0.4 is 10.5 Å². The number of benzene rings is 1. The predicted octanol–water partition coefficient (Wildman–Crippen LogP) is 1.91. The lowest BCUT2D eigenvalue weighted by atomic mass is 9.93. The Morgan fingerprint density at radius 3 is 2.54 bits per heavy atom. The quantitative estimate of drug-likeness (QED) is 0.431. The van der Waals surface area contributed by atoms with Gasteiger partial charge in [0.1, 0.15) is 11.5 Å². The van der Waals surface area contributed by atoms with Crippen molar-refractivity contribution >= 4 is 28.9 Å². The highest BCUT2D eigenvalue weighted by Crippen LogP contribution is 2.30. The number of nitrogens with one attached hydrogen (secondary N) is 2. The molecule has 1 atom stereocenters. The van der Waals surface area contributed by atoms with Gasteiger partial charge in [0, 0.05) is 24.7 Å².